The van der Waals surface area contributed by atoms with Crippen molar-refractivity contribution in [2.75, 3.05) is 0 Å². The number of ether oxygens (including phenoxy) is 1. The molecule has 0 radical (unpaired) electrons. The van der Waals surface area contributed by atoms with Crippen molar-refractivity contribution in [1.82, 2.24) is 4.98 Å². The summed E-state index contributed by atoms with van der Waals surface area (Å²) in [4.78, 5) is 4.01. The van der Waals surface area contributed by atoms with Crippen molar-refractivity contribution in [2.45, 2.75) is 38.7 Å². The van der Waals surface area contributed by atoms with Crippen molar-refractivity contribution in [1.29, 1.82) is 5.41 Å². The van der Waals surface area contributed by atoms with Gasteiger partial charge in [-0.05, 0) is 37.7 Å². The number of amidine groups is 1. The second kappa shape index (κ2) is 5.17. The van der Waals surface area contributed by atoms with Crippen LogP contribution >= 0.6 is 0 Å². The number of rotatable bonds is 3. The van der Waals surface area contributed by atoms with E-state index in [9.17, 15) is 0 Å². The first-order chi connectivity index (χ1) is 8.15. The molecule has 0 unspecified atom stereocenters. The molecule has 2 rings (SSSR count). The quantitative estimate of drug-likeness (QED) is 0.621. The molecule has 0 bridgehead atoms. The number of aromatic nitrogens is 1. The molecule has 1 aliphatic rings. The van der Waals surface area contributed by atoms with Gasteiger partial charge < -0.3 is 10.5 Å². The molecule has 0 aliphatic heterocycles. The number of nitrogens with one attached hydrogen (secondary N) is 1. The lowest BCUT2D eigenvalue weighted by atomic mass is 9.89. The molecule has 1 saturated carbocycles. The average molecular weight is 233 g/mol. The Balaban J connectivity index is 1.98. The third-order valence-corrected chi connectivity index (χ3v) is 3.27. The van der Waals surface area contributed by atoms with Gasteiger partial charge in [-0.3, -0.25) is 10.4 Å². The Kier molecular flexibility index (Phi) is 3.61. The van der Waals surface area contributed by atoms with Crippen LogP contribution in [0.1, 0.15) is 38.3 Å². The summed E-state index contributed by atoms with van der Waals surface area (Å²) in [5.74, 6) is 1.57. The fraction of sp³-hybridized carbons (Fsp3) is 0.538. The van der Waals surface area contributed by atoms with Crippen LogP contribution in [0.3, 0.4) is 0 Å². The van der Waals surface area contributed by atoms with Crippen LogP contribution in [0.15, 0.2) is 18.3 Å². The van der Waals surface area contributed by atoms with Gasteiger partial charge in [0.05, 0.1) is 6.10 Å². The lowest BCUT2D eigenvalue weighted by molar-refractivity contribution is 0.135. The highest BCUT2D eigenvalue weighted by Crippen LogP contribution is 2.27. The summed E-state index contributed by atoms with van der Waals surface area (Å²) in [6.07, 6.45) is 6.62. The van der Waals surface area contributed by atoms with Crippen LogP contribution in [-0.2, 0) is 0 Å². The normalized spacial score (nSPS) is 24.3. The Bertz CT molecular complexity index is 397. The summed E-state index contributed by atoms with van der Waals surface area (Å²) in [7, 11) is 0. The van der Waals surface area contributed by atoms with Crippen molar-refractivity contribution >= 4 is 5.84 Å². The van der Waals surface area contributed by atoms with Gasteiger partial charge in [-0.15, -0.1) is 0 Å². The van der Waals surface area contributed by atoms with E-state index in [-0.39, 0.29) is 5.84 Å². The fourth-order valence-corrected chi connectivity index (χ4v) is 2.17. The first kappa shape index (κ1) is 11.9. The lowest BCUT2D eigenvalue weighted by Gasteiger charge is -2.26. The Hall–Kier alpha value is -1.58. The van der Waals surface area contributed by atoms with E-state index in [1.807, 2.05) is 6.07 Å². The van der Waals surface area contributed by atoms with Crippen molar-refractivity contribution in [3.63, 3.8) is 0 Å². The van der Waals surface area contributed by atoms with Gasteiger partial charge in [-0.25, -0.2) is 0 Å². The third kappa shape index (κ3) is 3.19. The maximum atomic E-state index is 7.34. The smallest absolute Gasteiger partial charge is 0.141 e. The van der Waals surface area contributed by atoms with Crippen LogP contribution in [-0.4, -0.2) is 16.9 Å². The van der Waals surface area contributed by atoms with Crippen LogP contribution in [0.2, 0.25) is 0 Å². The Morgan fingerprint density at radius 3 is 2.76 bits per heavy atom. The van der Waals surface area contributed by atoms with Crippen LogP contribution < -0.4 is 10.5 Å². The summed E-state index contributed by atoms with van der Waals surface area (Å²) in [5.41, 5.74) is 5.88. The molecule has 1 fully saturated rings. The van der Waals surface area contributed by atoms with Gasteiger partial charge in [0, 0.05) is 12.3 Å². The molecule has 0 amide bonds. The second-order valence-corrected chi connectivity index (χ2v) is 4.79. The third-order valence-electron chi connectivity index (χ3n) is 3.27. The minimum absolute atomic E-state index is 0.0206. The molecule has 0 saturated heterocycles. The second-order valence-electron chi connectivity index (χ2n) is 4.79. The number of pyridine rings is 1. The predicted molar refractivity (Wildman–Crippen MR) is 67.3 cm³/mol. The molecule has 1 aliphatic carbocycles. The summed E-state index contributed by atoms with van der Waals surface area (Å²) in [5, 5.41) is 7.34. The van der Waals surface area contributed by atoms with Crippen LogP contribution in [0, 0.1) is 11.3 Å². The zero-order valence-electron chi connectivity index (χ0n) is 10.1. The Morgan fingerprint density at radius 1 is 1.41 bits per heavy atom. The highest BCUT2D eigenvalue weighted by molar-refractivity contribution is 5.93. The van der Waals surface area contributed by atoms with Gasteiger partial charge in [-0.1, -0.05) is 6.92 Å². The van der Waals surface area contributed by atoms with Gasteiger partial charge >= 0.3 is 0 Å². The largest absolute Gasteiger partial charge is 0.490 e. The zero-order chi connectivity index (χ0) is 12.3. The van der Waals surface area contributed by atoms with E-state index in [4.69, 9.17) is 15.9 Å². The first-order valence-electron chi connectivity index (χ1n) is 6.12. The van der Waals surface area contributed by atoms with Crippen molar-refractivity contribution in [2.24, 2.45) is 11.7 Å². The predicted octanol–water partition coefficient (Wildman–Crippen LogP) is 2.32. The summed E-state index contributed by atoms with van der Waals surface area (Å²) in [6, 6.07) is 3.56. The summed E-state index contributed by atoms with van der Waals surface area (Å²) >= 11 is 0. The minimum atomic E-state index is -0.0206. The monoisotopic (exact) mass is 233 g/mol. The molecule has 1 aromatic rings. The lowest BCUT2D eigenvalue weighted by Crippen LogP contribution is -2.23. The first-order valence-corrected chi connectivity index (χ1v) is 6.12. The summed E-state index contributed by atoms with van der Waals surface area (Å²) < 4.78 is 5.90. The number of nitrogen functional groups attached to an aromatic ring is 1. The number of nitrogens with zero attached hydrogens (tertiary/aromatic N) is 1. The SMILES string of the molecule is CC1CCC(Oc2ccnc(C(=N)N)c2)CC1. The Morgan fingerprint density at radius 2 is 2.12 bits per heavy atom. The number of hydrogen-bond acceptors (Lipinski definition) is 3. The topological polar surface area (TPSA) is 72.0 Å². The molecule has 1 aromatic heterocycles. The van der Waals surface area contributed by atoms with Crippen molar-refractivity contribution < 1.29 is 4.74 Å². The standard InChI is InChI=1S/C13H19N3O/c1-9-2-4-10(5-3-9)17-11-6-7-16-12(8-11)13(14)15/h6-10H,2-5H2,1H3,(H3,14,15). The van der Waals surface area contributed by atoms with E-state index in [1.54, 1.807) is 12.3 Å². The molecule has 1 heterocycles. The van der Waals surface area contributed by atoms with Crippen molar-refractivity contribution in [3.05, 3.63) is 24.0 Å². The van der Waals surface area contributed by atoms with Crippen LogP contribution in [0.4, 0.5) is 0 Å². The zero-order valence-corrected chi connectivity index (χ0v) is 10.1. The molecule has 0 spiro atoms. The average Bonchev–Trinajstić information content (AvgIpc) is 2.32. The van der Waals surface area contributed by atoms with Crippen LogP contribution in [0.5, 0.6) is 5.75 Å². The molecule has 4 nitrogen and oxygen atoms in total. The van der Waals surface area contributed by atoms with E-state index in [1.165, 1.54) is 12.8 Å². The molecule has 4 heteroatoms. The van der Waals surface area contributed by atoms with Gasteiger partial charge in [0.2, 0.25) is 0 Å². The van der Waals surface area contributed by atoms with Gasteiger partial charge in [0.25, 0.3) is 0 Å². The molecule has 0 aromatic carbocycles. The van der Waals surface area contributed by atoms with E-state index < -0.39 is 0 Å². The number of hydrogen-bond donors (Lipinski definition) is 2. The van der Waals surface area contributed by atoms with E-state index in [0.717, 1.165) is 24.5 Å². The molecular weight excluding hydrogens is 214 g/mol. The number of nitrogens with two attached hydrogens (primary N) is 1. The van der Waals surface area contributed by atoms with Crippen molar-refractivity contribution in [3.8, 4) is 5.75 Å². The fourth-order valence-electron chi connectivity index (χ4n) is 2.17. The van der Waals surface area contributed by atoms with Gasteiger partial charge in [0.1, 0.15) is 17.3 Å². The highest BCUT2D eigenvalue weighted by atomic mass is 16.5. The molecule has 0 atom stereocenters. The van der Waals surface area contributed by atoms with E-state index >= 15 is 0 Å². The van der Waals surface area contributed by atoms with E-state index in [0.29, 0.717) is 11.8 Å². The maximum absolute atomic E-state index is 7.34. The highest BCUT2D eigenvalue weighted by Gasteiger charge is 2.19. The molecule has 3 N–H and O–H groups in total. The minimum Gasteiger partial charge on any atom is -0.490 e. The molecular formula is C13H19N3O. The Labute approximate surface area is 102 Å². The van der Waals surface area contributed by atoms with Gasteiger partial charge in [0.15, 0.2) is 0 Å². The molecule has 17 heavy (non-hydrogen) atoms. The van der Waals surface area contributed by atoms with Gasteiger partial charge in [-0.2, -0.15) is 0 Å². The van der Waals surface area contributed by atoms with E-state index in [2.05, 4.69) is 11.9 Å². The molecule has 92 valence electrons. The maximum Gasteiger partial charge on any atom is 0.141 e. The summed E-state index contributed by atoms with van der Waals surface area (Å²) in [6.45, 7) is 2.29. The van der Waals surface area contributed by atoms with Crippen LogP contribution in [0.25, 0.3) is 0 Å².